The van der Waals surface area contributed by atoms with Crippen LogP contribution in [-0.2, 0) is 0 Å². The Labute approximate surface area is 131 Å². The maximum Gasteiger partial charge on any atom is 0.335 e. The number of unbranched alkanes of at least 4 members (excludes halogenated alkanes) is 3. The Morgan fingerprint density at radius 2 is 1.76 bits per heavy atom. The molecule has 0 radical (unpaired) electrons. The lowest BCUT2D eigenvalue weighted by atomic mass is 10.1. The van der Waals surface area contributed by atoms with Crippen molar-refractivity contribution < 1.29 is 14.6 Å². The molecule has 4 heteroatoms. The molecule has 0 aliphatic rings. The molecule has 2 aromatic carbocycles. The number of carboxylic acid groups (broad SMARTS) is 1. The summed E-state index contributed by atoms with van der Waals surface area (Å²) in [4.78, 5) is 10.9. The summed E-state index contributed by atoms with van der Waals surface area (Å²) in [5.41, 5.74) is 0.311. The average molecular weight is 309 g/mol. The largest absolute Gasteiger partial charge is 0.494 e. The van der Waals surface area contributed by atoms with Gasteiger partial charge in [0.05, 0.1) is 12.2 Å². The molecule has 1 N–H and O–H groups in total. The zero-order chi connectivity index (χ0) is 14.4. The predicted molar refractivity (Wildman–Crippen MR) is 87.8 cm³/mol. The molecule has 0 atom stereocenters. The molecule has 0 saturated heterocycles. The summed E-state index contributed by atoms with van der Waals surface area (Å²) < 4.78 is 5.72. The number of benzene rings is 2. The number of hydrogen-bond donors (Lipinski definition) is 1. The van der Waals surface area contributed by atoms with Crippen LogP contribution in [0.15, 0.2) is 36.4 Å². The normalized spacial score (nSPS) is 10.1. The number of rotatable bonds is 7. The summed E-state index contributed by atoms with van der Waals surface area (Å²) in [5, 5.41) is 10.9. The molecule has 2 aromatic rings. The van der Waals surface area contributed by atoms with Crippen molar-refractivity contribution in [3.8, 4) is 5.75 Å². The molecule has 0 fully saturated rings. The fourth-order valence-electron chi connectivity index (χ4n) is 2.17. The number of ether oxygens (including phenoxy) is 1. The molecule has 0 amide bonds. The van der Waals surface area contributed by atoms with Crippen molar-refractivity contribution in [3.63, 3.8) is 0 Å². The number of fused-ring (bicyclic) bond motifs is 1. The van der Waals surface area contributed by atoms with Crippen molar-refractivity contribution in [3.05, 3.63) is 42.0 Å². The highest BCUT2D eigenvalue weighted by Crippen LogP contribution is 2.22. The first-order valence-electron chi connectivity index (χ1n) is 7.10. The quantitative estimate of drug-likeness (QED) is 0.738. The highest BCUT2D eigenvalue weighted by atomic mass is 35.5. The lowest BCUT2D eigenvalue weighted by molar-refractivity contribution is 0.0697. The molecular weight excluding hydrogens is 288 g/mol. The first kappa shape index (κ1) is 17.3. The third-order valence-corrected chi connectivity index (χ3v) is 3.33. The molecule has 2 rings (SSSR count). The van der Waals surface area contributed by atoms with Gasteiger partial charge in [-0.05, 0) is 41.5 Å². The van der Waals surface area contributed by atoms with Crippen LogP contribution >= 0.6 is 12.4 Å². The fourth-order valence-corrected chi connectivity index (χ4v) is 2.17. The van der Waals surface area contributed by atoms with Crippen LogP contribution in [0.1, 0.15) is 43.0 Å². The van der Waals surface area contributed by atoms with Gasteiger partial charge in [-0.3, -0.25) is 0 Å². The van der Waals surface area contributed by atoms with Crippen molar-refractivity contribution in [2.24, 2.45) is 0 Å². The van der Waals surface area contributed by atoms with E-state index in [1.807, 2.05) is 24.3 Å². The Hall–Kier alpha value is -1.74. The minimum Gasteiger partial charge on any atom is -0.494 e. The Morgan fingerprint density at radius 1 is 1.05 bits per heavy atom. The third-order valence-electron chi connectivity index (χ3n) is 3.33. The molecule has 114 valence electrons. The topological polar surface area (TPSA) is 46.5 Å². The van der Waals surface area contributed by atoms with Crippen LogP contribution in [0.4, 0.5) is 0 Å². The van der Waals surface area contributed by atoms with Gasteiger partial charge in [-0.15, -0.1) is 12.4 Å². The summed E-state index contributed by atoms with van der Waals surface area (Å²) in [7, 11) is 0. The van der Waals surface area contributed by atoms with Crippen LogP contribution < -0.4 is 4.74 Å². The van der Waals surface area contributed by atoms with E-state index in [-0.39, 0.29) is 12.4 Å². The van der Waals surface area contributed by atoms with Crippen molar-refractivity contribution in [2.75, 3.05) is 6.61 Å². The highest BCUT2D eigenvalue weighted by molar-refractivity contribution is 5.94. The lowest BCUT2D eigenvalue weighted by Gasteiger charge is -2.07. The monoisotopic (exact) mass is 308 g/mol. The van der Waals surface area contributed by atoms with E-state index in [0.717, 1.165) is 29.5 Å². The van der Waals surface area contributed by atoms with Crippen LogP contribution in [0.5, 0.6) is 5.75 Å². The summed E-state index contributed by atoms with van der Waals surface area (Å²) in [6.45, 7) is 2.92. The lowest BCUT2D eigenvalue weighted by Crippen LogP contribution is -1.98. The Balaban J connectivity index is 0.00000220. The molecule has 21 heavy (non-hydrogen) atoms. The minimum absolute atomic E-state index is 0. The van der Waals surface area contributed by atoms with E-state index < -0.39 is 5.97 Å². The van der Waals surface area contributed by atoms with Crippen LogP contribution in [0.25, 0.3) is 10.8 Å². The van der Waals surface area contributed by atoms with Gasteiger partial charge in [-0.25, -0.2) is 4.79 Å². The van der Waals surface area contributed by atoms with E-state index in [0.29, 0.717) is 5.56 Å². The van der Waals surface area contributed by atoms with Gasteiger partial charge in [-0.2, -0.15) is 0 Å². The maximum absolute atomic E-state index is 10.9. The van der Waals surface area contributed by atoms with Crippen molar-refractivity contribution in [2.45, 2.75) is 32.6 Å². The number of carboxylic acids is 1. The number of halogens is 1. The van der Waals surface area contributed by atoms with Crippen molar-refractivity contribution in [1.82, 2.24) is 0 Å². The first-order valence-corrected chi connectivity index (χ1v) is 7.10. The molecule has 0 heterocycles. The number of aromatic carboxylic acids is 1. The summed E-state index contributed by atoms with van der Waals surface area (Å²) >= 11 is 0. The van der Waals surface area contributed by atoms with Gasteiger partial charge in [0.15, 0.2) is 0 Å². The predicted octanol–water partition coefficient (Wildman–Crippen LogP) is 4.92. The smallest absolute Gasteiger partial charge is 0.335 e. The summed E-state index contributed by atoms with van der Waals surface area (Å²) in [5.74, 6) is -0.0553. The van der Waals surface area contributed by atoms with Gasteiger partial charge < -0.3 is 9.84 Å². The van der Waals surface area contributed by atoms with E-state index in [1.54, 1.807) is 12.1 Å². The number of hydrogen-bond acceptors (Lipinski definition) is 2. The van der Waals surface area contributed by atoms with Crippen LogP contribution in [0, 0.1) is 0 Å². The van der Waals surface area contributed by atoms with Gasteiger partial charge in [-0.1, -0.05) is 38.3 Å². The van der Waals surface area contributed by atoms with Gasteiger partial charge in [0, 0.05) is 0 Å². The zero-order valence-electron chi connectivity index (χ0n) is 12.2. The Morgan fingerprint density at radius 3 is 2.48 bits per heavy atom. The zero-order valence-corrected chi connectivity index (χ0v) is 13.0. The summed E-state index contributed by atoms with van der Waals surface area (Å²) in [6, 6.07) is 10.9. The van der Waals surface area contributed by atoms with Gasteiger partial charge in [0.2, 0.25) is 0 Å². The standard InChI is InChI=1S/C17H20O3.ClH/c1-2-3-4-5-10-20-16-9-8-13-11-15(17(18)19)7-6-14(13)12-16;/h6-9,11-12H,2-5,10H2,1H3,(H,18,19);1H. The van der Waals surface area contributed by atoms with Crippen LogP contribution in [-0.4, -0.2) is 17.7 Å². The van der Waals surface area contributed by atoms with Gasteiger partial charge in [0.25, 0.3) is 0 Å². The van der Waals surface area contributed by atoms with E-state index in [4.69, 9.17) is 9.84 Å². The molecule has 0 aliphatic heterocycles. The Bertz CT molecular complexity index is 596. The molecule has 3 nitrogen and oxygen atoms in total. The Kier molecular flexibility index (Phi) is 7.03. The molecule has 0 aliphatic carbocycles. The van der Waals surface area contributed by atoms with Crippen LogP contribution in [0.3, 0.4) is 0 Å². The van der Waals surface area contributed by atoms with E-state index in [9.17, 15) is 4.79 Å². The van der Waals surface area contributed by atoms with Crippen LogP contribution in [0.2, 0.25) is 0 Å². The average Bonchev–Trinajstić information content (AvgIpc) is 2.46. The second kappa shape index (κ2) is 8.53. The molecular formula is C17H21ClO3. The number of carbonyl (C=O) groups is 1. The minimum atomic E-state index is -0.900. The highest BCUT2D eigenvalue weighted by Gasteiger charge is 2.04. The SMILES string of the molecule is CCCCCCOc1ccc2cc(C(=O)O)ccc2c1.Cl. The molecule has 0 unspecified atom stereocenters. The second-order valence-electron chi connectivity index (χ2n) is 4.94. The molecule has 0 saturated carbocycles. The van der Waals surface area contributed by atoms with E-state index in [1.165, 1.54) is 19.3 Å². The fraction of sp³-hybridized carbons (Fsp3) is 0.353. The first-order chi connectivity index (χ1) is 9.70. The van der Waals surface area contributed by atoms with E-state index in [2.05, 4.69) is 6.92 Å². The third kappa shape index (κ3) is 4.94. The molecule has 0 aromatic heterocycles. The van der Waals surface area contributed by atoms with E-state index >= 15 is 0 Å². The van der Waals surface area contributed by atoms with Crippen molar-refractivity contribution >= 4 is 29.1 Å². The second-order valence-corrected chi connectivity index (χ2v) is 4.94. The molecule has 0 spiro atoms. The van der Waals surface area contributed by atoms with Crippen molar-refractivity contribution in [1.29, 1.82) is 0 Å². The van der Waals surface area contributed by atoms with Gasteiger partial charge in [0.1, 0.15) is 5.75 Å². The molecule has 0 bridgehead atoms. The van der Waals surface area contributed by atoms with Gasteiger partial charge >= 0.3 is 5.97 Å². The summed E-state index contributed by atoms with van der Waals surface area (Å²) in [6.07, 6.45) is 4.75. The maximum atomic E-state index is 10.9.